The normalized spacial score (nSPS) is 10.6. The van der Waals surface area contributed by atoms with Crippen molar-refractivity contribution in [2.45, 2.75) is 26.5 Å². The molecule has 0 bridgehead atoms. The van der Waals surface area contributed by atoms with E-state index in [2.05, 4.69) is 27.7 Å². The Balaban J connectivity index is 1.98. The lowest BCUT2D eigenvalue weighted by atomic mass is 10.2. The molecule has 1 aromatic carbocycles. The van der Waals surface area contributed by atoms with Crippen molar-refractivity contribution >= 4 is 0 Å². The number of aryl methyl sites for hydroxylation is 1. The molecule has 0 amide bonds. The number of benzene rings is 1. The number of methoxy groups -OCH3 is 1. The van der Waals surface area contributed by atoms with Gasteiger partial charge in [0.05, 0.1) is 14.2 Å². The molecule has 0 spiro atoms. The van der Waals surface area contributed by atoms with Gasteiger partial charge < -0.3 is 14.8 Å². The van der Waals surface area contributed by atoms with Crippen LogP contribution in [-0.4, -0.2) is 33.9 Å². The molecule has 7 nitrogen and oxygen atoms in total. The Morgan fingerprint density at radius 2 is 2.14 bits per heavy atom. The molecule has 21 heavy (non-hydrogen) atoms. The van der Waals surface area contributed by atoms with Crippen LogP contribution in [0.15, 0.2) is 18.2 Å². The van der Waals surface area contributed by atoms with Crippen molar-refractivity contribution < 1.29 is 9.47 Å². The van der Waals surface area contributed by atoms with E-state index < -0.39 is 0 Å². The summed E-state index contributed by atoms with van der Waals surface area (Å²) in [6.45, 7) is 4.22. The summed E-state index contributed by atoms with van der Waals surface area (Å²) in [5, 5.41) is 15.1. The van der Waals surface area contributed by atoms with Crippen molar-refractivity contribution in [2.75, 3.05) is 13.7 Å². The van der Waals surface area contributed by atoms with E-state index in [1.807, 2.05) is 18.2 Å². The molecule has 0 fully saturated rings. The quantitative estimate of drug-likeness (QED) is 0.739. The van der Waals surface area contributed by atoms with Crippen molar-refractivity contribution in [2.24, 2.45) is 7.05 Å². The summed E-state index contributed by atoms with van der Waals surface area (Å²) in [4.78, 5) is 1.40. The van der Waals surface area contributed by atoms with Crippen molar-refractivity contribution in [1.29, 1.82) is 0 Å². The second-order valence-electron chi connectivity index (χ2n) is 4.65. The van der Waals surface area contributed by atoms with Gasteiger partial charge in [0, 0.05) is 6.54 Å². The number of hydrogen-bond donors (Lipinski definition) is 1. The topological polar surface area (TPSA) is 74.1 Å². The monoisotopic (exact) mass is 291 g/mol. The van der Waals surface area contributed by atoms with E-state index in [1.54, 1.807) is 14.2 Å². The third kappa shape index (κ3) is 4.42. The predicted molar refractivity (Wildman–Crippen MR) is 78.1 cm³/mol. The first-order valence-electron chi connectivity index (χ1n) is 6.96. The van der Waals surface area contributed by atoms with Gasteiger partial charge in [-0.15, -0.1) is 10.2 Å². The number of nitrogens with zero attached hydrogens (tertiary/aromatic N) is 4. The van der Waals surface area contributed by atoms with Gasteiger partial charge in [0.15, 0.2) is 18.1 Å². The number of tetrazole rings is 1. The molecule has 0 saturated heterocycles. The van der Waals surface area contributed by atoms with Gasteiger partial charge in [-0.3, -0.25) is 0 Å². The van der Waals surface area contributed by atoms with E-state index in [-0.39, 0.29) is 6.61 Å². The first-order valence-corrected chi connectivity index (χ1v) is 6.96. The lowest BCUT2D eigenvalue weighted by molar-refractivity contribution is 0.275. The highest BCUT2D eigenvalue weighted by Crippen LogP contribution is 2.28. The Kier molecular flexibility index (Phi) is 5.51. The standard InChI is InChI=1S/C14H21N5O2/c1-4-7-15-9-11-5-6-12(13(8-11)20-3)21-10-14-16-18-19(2)17-14/h5-6,8,15H,4,7,9-10H2,1-3H3. The minimum atomic E-state index is 0.262. The number of aromatic nitrogens is 4. The highest BCUT2D eigenvalue weighted by molar-refractivity contribution is 5.42. The van der Waals surface area contributed by atoms with Crippen LogP contribution in [0.3, 0.4) is 0 Å². The molecule has 1 N–H and O–H groups in total. The Bertz CT molecular complexity index is 570. The molecule has 114 valence electrons. The zero-order valence-electron chi connectivity index (χ0n) is 12.7. The number of hydrogen-bond acceptors (Lipinski definition) is 6. The molecule has 0 atom stereocenters. The fourth-order valence-electron chi connectivity index (χ4n) is 1.87. The summed E-state index contributed by atoms with van der Waals surface area (Å²) in [6.07, 6.45) is 1.11. The lowest BCUT2D eigenvalue weighted by Gasteiger charge is -2.11. The second-order valence-corrected chi connectivity index (χ2v) is 4.65. The SMILES string of the molecule is CCCNCc1ccc(OCc2nnn(C)n2)c(OC)c1. The van der Waals surface area contributed by atoms with E-state index in [0.29, 0.717) is 17.3 Å². The number of ether oxygens (including phenoxy) is 2. The Hall–Kier alpha value is -2.15. The molecule has 7 heteroatoms. The number of rotatable bonds is 8. The Morgan fingerprint density at radius 3 is 2.81 bits per heavy atom. The average molecular weight is 291 g/mol. The summed E-state index contributed by atoms with van der Waals surface area (Å²) in [5.41, 5.74) is 1.16. The van der Waals surface area contributed by atoms with E-state index in [4.69, 9.17) is 9.47 Å². The smallest absolute Gasteiger partial charge is 0.212 e. The average Bonchev–Trinajstić information content (AvgIpc) is 2.91. The molecule has 0 aliphatic rings. The van der Waals surface area contributed by atoms with E-state index in [0.717, 1.165) is 25.1 Å². The van der Waals surface area contributed by atoms with Gasteiger partial charge in [0.1, 0.15) is 0 Å². The van der Waals surface area contributed by atoms with Crippen molar-refractivity contribution in [3.8, 4) is 11.5 Å². The first-order chi connectivity index (χ1) is 10.2. The minimum Gasteiger partial charge on any atom is -0.493 e. The van der Waals surface area contributed by atoms with Gasteiger partial charge in [0.2, 0.25) is 5.82 Å². The van der Waals surface area contributed by atoms with Gasteiger partial charge in [-0.1, -0.05) is 13.0 Å². The van der Waals surface area contributed by atoms with Crippen LogP contribution in [0.2, 0.25) is 0 Å². The summed E-state index contributed by atoms with van der Waals surface area (Å²) >= 11 is 0. The highest BCUT2D eigenvalue weighted by Gasteiger charge is 2.08. The predicted octanol–water partition coefficient (Wildman–Crippen LogP) is 1.30. The molecule has 0 aliphatic heterocycles. The summed E-state index contributed by atoms with van der Waals surface area (Å²) < 4.78 is 11.1. The van der Waals surface area contributed by atoms with Crippen LogP contribution in [0.4, 0.5) is 0 Å². The Labute approximate surface area is 124 Å². The van der Waals surface area contributed by atoms with Crippen molar-refractivity contribution in [3.05, 3.63) is 29.6 Å². The number of nitrogens with one attached hydrogen (secondary N) is 1. The minimum absolute atomic E-state index is 0.262. The highest BCUT2D eigenvalue weighted by atomic mass is 16.5. The molecular formula is C14H21N5O2. The largest absolute Gasteiger partial charge is 0.493 e. The molecule has 0 aliphatic carbocycles. The molecule has 0 unspecified atom stereocenters. The van der Waals surface area contributed by atoms with Crippen LogP contribution in [-0.2, 0) is 20.2 Å². The van der Waals surface area contributed by atoms with Crippen molar-refractivity contribution in [1.82, 2.24) is 25.5 Å². The maximum absolute atomic E-state index is 5.68. The summed E-state index contributed by atoms with van der Waals surface area (Å²) in [7, 11) is 3.35. The first kappa shape index (κ1) is 15.2. The molecule has 1 heterocycles. The third-order valence-electron chi connectivity index (χ3n) is 2.89. The van der Waals surface area contributed by atoms with Crippen LogP contribution < -0.4 is 14.8 Å². The van der Waals surface area contributed by atoms with E-state index >= 15 is 0 Å². The van der Waals surface area contributed by atoms with Crippen LogP contribution in [0, 0.1) is 0 Å². The van der Waals surface area contributed by atoms with Crippen LogP contribution >= 0.6 is 0 Å². The van der Waals surface area contributed by atoms with Gasteiger partial charge >= 0.3 is 0 Å². The van der Waals surface area contributed by atoms with E-state index in [9.17, 15) is 0 Å². The molecule has 0 radical (unpaired) electrons. The van der Waals surface area contributed by atoms with Gasteiger partial charge in [-0.25, -0.2) is 0 Å². The molecule has 0 saturated carbocycles. The zero-order valence-corrected chi connectivity index (χ0v) is 12.7. The summed E-state index contributed by atoms with van der Waals surface area (Å²) in [6, 6.07) is 5.89. The molecular weight excluding hydrogens is 270 g/mol. The lowest BCUT2D eigenvalue weighted by Crippen LogP contribution is -2.13. The molecule has 1 aromatic heterocycles. The maximum atomic E-state index is 5.68. The zero-order chi connectivity index (χ0) is 15.1. The fourth-order valence-corrected chi connectivity index (χ4v) is 1.87. The Morgan fingerprint density at radius 1 is 1.29 bits per heavy atom. The van der Waals surface area contributed by atoms with Crippen LogP contribution in [0.1, 0.15) is 24.7 Å². The summed E-state index contributed by atoms with van der Waals surface area (Å²) in [5.74, 6) is 1.91. The van der Waals surface area contributed by atoms with Crippen molar-refractivity contribution in [3.63, 3.8) is 0 Å². The van der Waals surface area contributed by atoms with Gasteiger partial charge in [-0.05, 0) is 35.9 Å². The molecule has 2 aromatic rings. The van der Waals surface area contributed by atoms with Crippen LogP contribution in [0.5, 0.6) is 11.5 Å². The fraction of sp³-hybridized carbons (Fsp3) is 0.500. The van der Waals surface area contributed by atoms with Gasteiger partial charge in [0.25, 0.3) is 0 Å². The molecule has 2 rings (SSSR count). The third-order valence-corrected chi connectivity index (χ3v) is 2.89. The van der Waals surface area contributed by atoms with Gasteiger partial charge in [-0.2, -0.15) is 4.80 Å². The second kappa shape index (κ2) is 7.58. The van der Waals surface area contributed by atoms with E-state index in [1.165, 1.54) is 4.80 Å². The van der Waals surface area contributed by atoms with Crippen LogP contribution in [0.25, 0.3) is 0 Å². The maximum Gasteiger partial charge on any atom is 0.212 e.